The number of nitrogens with one attached hydrogen (secondary N) is 1. The highest BCUT2D eigenvalue weighted by Gasteiger charge is 2.37. The molecule has 2 aliphatic rings. The van der Waals surface area contributed by atoms with Crippen LogP contribution in [0, 0.1) is 6.92 Å². The van der Waals surface area contributed by atoms with Crippen LogP contribution in [0.5, 0.6) is 5.75 Å². The van der Waals surface area contributed by atoms with E-state index in [2.05, 4.69) is 5.32 Å². The van der Waals surface area contributed by atoms with Crippen molar-refractivity contribution in [3.05, 3.63) is 53.6 Å². The molecule has 1 saturated heterocycles. The first-order valence-electron chi connectivity index (χ1n) is 10.0. The fraction of sp³-hybridized carbons (Fsp3) is 0.348. The molecule has 0 radical (unpaired) electrons. The van der Waals surface area contributed by atoms with E-state index in [1.54, 1.807) is 29.0 Å². The van der Waals surface area contributed by atoms with E-state index in [0.717, 1.165) is 16.8 Å². The van der Waals surface area contributed by atoms with Gasteiger partial charge in [-0.1, -0.05) is 24.3 Å². The SMILES string of the molecule is COc1ccc2c(c1)NC(=O)[C@@H]2CC(=O)N1CC(=O)N(c2ccccc2C)[C@@H](C)C1. The van der Waals surface area contributed by atoms with E-state index in [4.69, 9.17) is 4.74 Å². The number of aryl methyl sites for hydroxylation is 1. The second-order valence-corrected chi connectivity index (χ2v) is 7.87. The Balaban J connectivity index is 1.48. The van der Waals surface area contributed by atoms with Gasteiger partial charge >= 0.3 is 0 Å². The summed E-state index contributed by atoms with van der Waals surface area (Å²) in [4.78, 5) is 41.7. The lowest BCUT2D eigenvalue weighted by molar-refractivity contribution is -0.138. The maximum Gasteiger partial charge on any atom is 0.246 e. The summed E-state index contributed by atoms with van der Waals surface area (Å²) in [7, 11) is 1.56. The summed E-state index contributed by atoms with van der Waals surface area (Å²) in [5, 5.41) is 2.82. The molecular formula is C23H25N3O4. The molecule has 0 bridgehead atoms. The van der Waals surface area contributed by atoms with Crippen LogP contribution in [-0.4, -0.2) is 48.9 Å². The van der Waals surface area contributed by atoms with Gasteiger partial charge in [0.2, 0.25) is 17.7 Å². The molecule has 0 saturated carbocycles. The number of amides is 3. The van der Waals surface area contributed by atoms with Gasteiger partial charge in [-0.2, -0.15) is 0 Å². The molecule has 2 aromatic rings. The van der Waals surface area contributed by atoms with Crippen LogP contribution in [0.1, 0.15) is 30.4 Å². The van der Waals surface area contributed by atoms with Gasteiger partial charge in [0.05, 0.1) is 19.1 Å². The smallest absolute Gasteiger partial charge is 0.246 e. The van der Waals surface area contributed by atoms with Gasteiger partial charge in [-0.05, 0) is 37.1 Å². The average Bonchev–Trinajstić information content (AvgIpc) is 3.03. The van der Waals surface area contributed by atoms with Crippen LogP contribution < -0.4 is 15.0 Å². The van der Waals surface area contributed by atoms with E-state index in [1.807, 2.05) is 44.2 Å². The first-order chi connectivity index (χ1) is 14.4. The number of benzene rings is 2. The first-order valence-corrected chi connectivity index (χ1v) is 10.0. The van der Waals surface area contributed by atoms with Gasteiger partial charge in [-0.3, -0.25) is 14.4 Å². The Morgan fingerprint density at radius 2 is 1.97 bits per heavy atom. The number of hydrogen-bond donors (Lipinski definition) is 1. The standard InChI is InChI=1S/C23H25N3O4/c1-14-6-4-5-7-20(14)26-15(2)12-25(13-22(26)28)21(27)11-18-17-9-8-16(30-3)10-19(17)24-23(18)29/h4-10,15,18H,11-13H2,1-3H3,(H,24,29)/t15-,18+/m0/s1. The number of fused-ring (bicyclic) bond motifs is 1. The van der Waals surface area contributed by atoms with Crippen molar-refractivity contribution in [1.29, 1.82) is 0 Å². The molecule has 2 atom stereocenters. The minimum absolute atomic E-state index is 0.0152. The normalized spacial score (nSPS) is 20.8. The molecule has 2 heterocycles. The lowest BCUT2D eigenvalue weighted by atomic mass is 9.96. The van der Waals surface area contributed by atoms with E-state index >= 15 is 0 Å². The van der Waals surface area contributed by atoms with Crippen molar-refractivity contribution in [1.82, 2.24) is 4.90 Å². The quantitative estimate of drug-likeness (QED) is 0.845. The Morgan fingerprint density at radius 3 is 2.67 bits per heavy atom. The van der Waals surface area contributed by atoms with Gasteiger partial charge in [0.15, 0.2) is 0 Å². The van der Waals surface area contributed by atoms with Gasteiger partial charge in [0, 0.05) is 30.4 Å². The van der Waals surface area contributed by atoms with Crippen LogP contribution in [0.25, 0.3) is 0 Å². The molecule has 1 N–H and O–H groups in total. The average molecular weight is 407 g/mol. The molecule has 7 heteroatoms. The summed E-state index contributed by atoms with van der Waals surface area (Å²) in [6.07, 6.45) is 0.0372. The fourth-order valence-corrected chi connectivity index (χ4v) is 4.29. The lowest BCUT2D eigenvalue weighted by Crippen LogP contribution is -2.57. The largest absolute Gasteiger partial charge is 0.497 e. The molecule has 0 aromatic heterocycles. The molecule has 3 amide bonds. The number of methoxy groups -OCH3 is 1. The van der Waals surface area contributed by atoms with E-state index in [-0.39, 0.29) is 36.7 Å². The summed E-state index contributed by atoms with van der Waals surface area (Å²) in [5.74, 6) is -0.420. The van der Waals surface area contributed by atoms with Crippen LogP contribution in [0.15, 0.2) is 42.5 Å². The van der Waals surface area contributed by atoms with Crippen molar-refractivity contribution in [2.45, 2.75) is 32.2 Å². The van der Waals surface area contributed by atoms with E-state index in [1.165, 1.54) is 0 Å². The van der Waals surface area contributed by atoms with Crippen LogP contribution in [-0.2, 0) is 14.4 Å². The van der Waals surface area contributed by atoms with Crippen molar-refractivity contribution >= 4 is 29.1 Å². The Labute approximate surface area is 175 Å². The van der Waals surface area contributed by atoms with Gasteiger partial charge < -0.3 is 19.9 Å². The third kappa shape index (κ3) is 3.51. The fourth-order valence-electron chi connectivity index (χ4n) is 4.29. The molecule has 7 nitrogen and oxygen atoms in total. The van der Waals surface area contributed by atoms with Gasteiger partial charge in [0.1, 0.15) is 12.3 Å². The Bertz CT molecular complexity index is 1020. The van der Waals surface area contributed by atoms with Crippen molar-refractivity contribution < 1.29 is 19.1 Å². The Morgan fingerprint density at radius 1 is 1.20 bits per heavy atom. The highest BCUT2D eigenvalue weighted by molar-refractivity contribution is 6.06. The Hall–Kier alpha value is -3.35. The Kier molecular flexibility index (Phi) is 5.20. The van der Waals surface area contributed by atoms with E-state index in [9.17, 15) is 14.4 Å². The van der Waals surface area contributed by atoms with Crippen LogP contribution in [0.3, 0.4) is 0 Å². The number of para-hydroxylation sites is 1. The van der Waals surface area contributed by atoms with Gasteiger partial charge in [-0.15, -0.1) is 0 Å². The predicted octanol–water partition coefficient (Wildman–Crippen LogP) is 2.69. The van der Waals surface area contributed by atoms with Crippen LogP contribution >= 0.6 is 0 Å². The molecule has 2 aliphatic heterocycles. The summed E-state index contributed by atoms with van der Waals surface area (Å²) in [6.45, 7) is 4.36. The molecule has 0 aliphatic carbocycles. The monoisotopic (exact) mass is 407 g/mol. The number of anilines is 2. The minimum atomic E-state index is -0.557. The number of nitrogens with zero attached hydrogens (tertiary/aromatic N) is 2. The van der Waals surface area contributed by atoms with Gasteiger partial charge in [-0.25, -0.2) is 0 Å². The van der Waals surface area contributed by atoms with Crippen LogP contribution in [0.4, 0.5) is 11.4 Å². The van der Waals surface area contributed by atoms with Crippen LogP contribution in [0.2, 0.25) is 0 Å². The summed E-state index contributed by atoms with van der Waals surface area (Å²) in [5.41, 5.74) is 3.35. The number of carbonyl (C=O) groups excluding carboxylic acids is 3. The van der Waals surface area contributed by atoms with Gasteiger partial charge in [0.25, 0.3) is 0 Å². The molecule has 0 unspecified atom stereocenters. The lowest BCUT2D eigenvalue weighted by Gasteiger charge is -2.40. The molecular weight excluding hydrogens is 382 g/mol. The summed E-state index contributed by atoms with van der Waals surface area (Å²) in [6, 6.07) is 12.9. The molecule has 0 spiro atoms. The highest BCUT2D eigenvalue weighted by atomic mass is 16.5. The van der Waals surface area contributed by atoms with Crippen molar-refractivity contribution in [2.24, 2.45) is 0 Å². The summed E-state index contributed by atoms with van der Waals surface area (Å²) < 4.78 is 5.20. The topological polar surface area (TPSA) is 79.0 Å². The predicted molar refractivity (Wildman–Crippen MR) is 114 cm³/mol. The van der Waals surface area contributed by atoms with Crippen molar-refractivity contribution in [2.75, 3.05) is 30.4 Å². The third-order valence-corrected chi connectivity index (χ3v) is 5.84. The number of carbonyl (C=O) groups is 3. The van der Waals surface area contributed by atoms with E-state index < -0.39 is 5.92 Å². The van der Waals surface area contributed by atoms with Crippen molar-refractivity contribution in [3.8, 4) is 5.75 Å². The second kappa shape index (κ2) is 7.82. The zero-order valence-corrected chi connectivity index (χ0v) is 17.3. The van der Waals surface area contributed by atoms with Crippen molar-refractivity contribution in [3.63, 3.8) is 0 Å². The maximum atomic E-state index is 13.0. The molecule has 4 rings (SSSR count). The molecule has 156 valence electrons. The highest BCUT2D eigenvalue weighted by Crippen LogP contribution is 2.37. The number of rotatable bonds is 4. The van der Waals surface area contributed by atoms with E-state index in [0.29, 0.717) is 18.0 Å². The first kappa shape index (κ1) is 19.9. The minimum Gasteiger partial charge on any atom is -0.497 e. The maximum absolute atomic E-state index is 13.0. The molecule has 2 aromatic carbocycles. The number of ether oxygens (including phenoxy) is 1. The third-order valence-electron chi connectivity index (χ3n) is 5.84. The number of hydrogen-bond acceptors (Lipinski definition) is 4. The summed E-state index contributed by atoms with van der Waals surface area (Å²) >= 11 is 0. The second-order valence-electron chi connectivity index (χ2n) is 7.87. The number of piperazine rings is 1. The zero-order valence-electron chi connectivity index (χ0n) is 17.3. The molecule has 30 heavy (non-hydrogen) atoms. The zero-order chi connectivity index (χ0) is 21.4. The molecule has 1 fully saturated rings.